The summed E-state index contributed by atoms with van der Waals surface area (Å²) in [6.07, 6.45) is 3.04. The second-order valence-electron chi connectivity index (χ2n) is 3.39. The number of benzene rings is 1. The van der Waals surface area contributed by atoms with Crippen LogP contribution >= 0.6 is 15.9 Å². The predicted octanol–water partition coefficient (Wildman–Crippen LogP) is 2.26. The van der Waals surface area contributed by atoms with Crippen molar-refractivity contribution in [3.05, 3.63) is 46.1 Å². The zero-order valence-electron chi connectivity index (χ0n) is 8.24. The Morgan fingerprint density at radius 2 is 2.07 bits per heavy atom. The van der Waals surface area contributed by atoms with Gasteiger partial charge in [0.25, 0.3) is 0 Å². The van der Waals surface area contributed by atoms with Crippen molar-refractivity contribution in [1.82, 2.24) is 5.43 Å². The molecule has 0 saturated carbocycles. The van der Waals surface area contributed by atoms with E-state index in [1.54, 1.807) is 0 Å². The Labute approximate surface area is 97.4 Å². The molecule has 15 heavy (non-hydrogen) atoms. The molecule has 1 aromatic rings. The molecular weight excluding hydrogens is 256 g/mol. The molecule has 3 N–H and O–H groups in total. The number of ether oxygens (including phenoxy) is 1. The van der Waals surface area contributed by atoms with Crippen LogP contribution in [0, 0.1) is 0 Å². The van der Waals surface area contributed by atoms with Crippen molar-refractivity contribution < 1.29 is 4.74 Å². The lowest BCUT2D eigenvalue weighted by molar-refractivity contribution is 0.215. The van der Waals surface area contributed by atoms with Crippen LogP contribution in [0.4, 0.5) is 0 Å². The van der Waals surface area contributed by atoms with Crippen LogP contribution in [0.1, 0.15) is 18.0 Å². The Kier molecular flexibility index (Phi) is 3.41. The first-order valence-corrected chi connectivity index (χ1v) is 5.65. The third-order valence-electron chi connectivity index (χ3n) is 2.39. The van der Waals surface area contributed by atoms with Crippen molar-refractivity contribution in [3.63, 3.8) is 0 Å². The van der Waals surface area contributed by atoms with Crippen LogP contribution < -0.4 is 11.3 Å². The molecule has 1 heterocycles. The number of nitrogens with two attached hydrogens (primary N) is 1. The highest BCUT2D eigenvalue weighted by Gasteiger charge is 2.18. The summed E-state index contributed by atoms with van der Waals surface area (Å²) >= 11 is 3.40. The van der Waals surface area contributed by atoms with Gasteiger partial charge in [-0.05, 0) is 23.8 Å². The van der Waals surface area contributed by atoms with Crippen LogP contribution in [0.5, 0.6) is 0 Å². The zero-order chi connectivity index (χ0) is 10.7. The number of rotatable bonds is 3. The maximum absolute atomic E-state index is 5.54. The van der Waals surface area contributed by atoms with Gasteiger partial charge < -0.3 is 4.74 Å². The Bertz CT molecular complexity index is 361. The summed E-state index contributed by atoms with van der Waals surface area (Å²) in [4.78, 5) is 0. The molecule has 0 amide bonds. The van der Waals surface area contributed by atoms with E-state index in [4.69, 9.17) is 10.6 Å². The molecule has 0 aromatic heterocycles. The van der Waals surface area contributed by atoms with Crippen molar-refractivity contribution in [2.75, 3.05) is 6.61 Å². The number of hydrogen-bond acceptors (Lipinski definition) is 3. The van der Waals surface area contributed by atoms with Gasteiger partial charge in [-0.2, -0.15) is 0 Å². The van der Waals surface area contributed by atoms with Gasteiger partial charge in [-0.1, -0.05) is 28.1 Å². The highest BCUT2D eigenvalue weighted by molar-refractivity contribution is 9.10. The fourth-order valence-electron chi connectivity index (χ4n) is 1.64. The molecule has 0 saturated heterocycles. The summed E-state index contributed by atoms with van der Waals surface area (Å²) in [5.41, 5.74) is 3.88. The van der Waals surface area contributed by atoms with E-state index in [0.717, 1.165) is 28.8 Å². The number of nitrogens with one attached hydrogen (secondary N) is 1. The van der Waals surface area contributed by atoms with Gasteiger partial charge in [-0.3, -0.25) is 5.84 Å². The van der Waals surface area contributed by atoms with Gasteiger partial charge in [0.1, 0.15) is 11.8 Å². The van der Waals surface area contributed by atoms with E-state index in [9.17, 15) is 0 Å². The Balaban J connectivity index is 2.22. The number of hydrazine groups is 1. The van der Waals surface area contributed by atoms with Gasteiger partial charge in [0.15, 0.2) is 0 Å². The third-order valence-corrected chi connectivity index (χ3v) is 2.92. The molecular formula is C11H13BrN2O. The van der Waals surface area contributed by atoms with Crippen molar-refractivity contribution in [1.29, 1.82) is 0 Å². The molecule has 0 spiro atoms. The van der Waals surface area contributed by atoms with E-state index in [1.807, 2.05) is 24.3 Å². The molecule has 3 nitrogen and oxygen atoms in total. The fraction of sp³-hybridized carbons (Fsp3) is 0.273. The molecule has 80 valence electrons. The van der Waals surface area contributed by atoms with Gasteiger partial charge >= 0.3 is 0 Å². The quantitative estimate of drug-likeness (QED) is 0.653. The average Bonchev–Trinajstić information content (AvgIpc) is 2.75. The molecule has 0 fully saturated rings. The highest BCUT2D eigenvalue weighted by Crippen LogP contribution is 2.26. The molecule has 1 atom stereocenters. The molecule has 1 aromatic carbocycles. The summed E-state index contributed by atoms with van der Waals surface area (Å²) < 4.78 is 6.56. The van der Waals surface area contributed by atoms with Crippen molar-refractivity contribution in [3.8, 4) is 0 Å². The number of hydrogen-bond donors (Lipinski definition) is 2. The van der Waals surface area contributed by atoms with E-state index in [2.05, 4.69) is 27.4 Å². The molecule has 1 aliphatic rings. The monoisotopic (exact) mass is 268 g/mol. The Hall–Kier alpha value is -0.840. The second kappa shape index (κ2) is 4.79. The van der Waals surface area contributed by atoms with Crippen LogP contribution in [0.15, 0.2) is 40.6 Å². The SMILES string of the molecule is NNC(C1=CCCO1)c1ccc(Br)cc1. The first-order chi connectivity index (χ1) is 7.31. The van der Waals surface area contributed by atoms with Gasteiger partial charge in [-0.25, -0.2) is 5.43 Å². The highest BCUT2D eigenvalue weighted by atomic mass is 79.9. The normalized spacial score (nSPS) is 17.1. The largest absolute Gasteiger partial charge is 0.496 e. The summed E-state index contributed by atoms with van der Waals surface area (Å²) in [5, 5.41) is 0. The minimum Gasteiger partial charge on any atom is -0.496 e. The summed E-state index contributed by atoms with van der Waals surface area (Å²) in [6.45, 7) is 0.754. The van der Waals surface area contributed by atoms with Crippen molar-refractivity contribution >= 4 is 15.9 Å². The Morgan fingerprint density at radius 1 is 1.33 bits per heavy atom. The van der Waals surface area contributed by atoms with Crippen molar-refractivity contribution in [2.24, 2.45) is 5.84 Å². The molecule has 2 rings (SSSR count). The fourth-order valence-corrected chi connectivity index (χ4v) is 1.90. The van der Waals surface area contributed by atoms with E-state index in [-0.39, 0.29) is 6.04 Å². The second-order valence-corrected chi connectivity index (χ2v) is 4.31. The van der Waals surface area contributed by atoms with E-state index >= 15 is 0 Å². The minimum atomic E-state index is -0.0411. The number of halogens is 1. The standard InChI is InChI=1S/C11H13BrN2O/c12-9-5-3-8(4-6-9)11(14-13)10-2-1-7-15-10/h2-6,11,14H,1,7,13H2. The minimum absolute atomic E-state index is 0.0411. The maximum Gasteiger partial charge on any atom is 0.115 e. The first-order valence-electron chi connectivity index (χ1n) is 4.85. The van der Waals surface area contributed by atoms with E-state index in [1.165, 1.54) is 0 Å². The maximum atomic E-state index is 5.54. The van der Waals surface area contributed by atoms with E-state index in [0.29, 0.717) is 0 Å². The topological polar surface area (TPSA) is 47.3 Å². The summed E-state index contributed by atoms with van der Waals surface area (Å²) in [7, 11) is 0. The molecule has 4 heteroatoms. The third kappa shape index (κ3) is 2.40. The lowest BCUT2D eigenvalue weighted by atomic mass is 10.1. The van der Waals surface area contributed by atoms with Crippen LogP contribution in [-0.2, 0) is 4.74 Å². The van der Waals surface area contributed by atoms with Gasteiger partial charge in [0, 0.05) is 10.9 Å². The van der Waals surface area contributed by atoms with E-state index < -0.39 is 0 Å². The first kappa shape index (κ1) is 10.7. The van der Waals surface area contributed by atoms with Crippen LogP contribution in [0.2, 0.25) is 0 Å². The molecule has 0 bridgehead atoms. The average molecular weight is 269 g/mol. The van der Waals surface area contributed by atoms with Crippen molar-refractivity contribution in [2.45, 2.75) is 12.5 Å². The lowest BCUT2D eigenvalue weighted by Gasteiger charge is -2.17. The molecule has 0 radical (unpaired) electrons. The molecule has 1 aliphatic heterocycles. The Morgan fingerprint density at radius 3 is 2.60 bits per heavy atom. The smallest absolute Gasteiger partial charge is 0.115 e. The van der Waals surface area contributed by atoms with Gasteiger partial charge in [0.05, 0.1) is 6.61 Å². The molecule has 1 unspecified atom stereocenters. The van der Waals surface area contributed by atoms with Gasteiger partial charge in [-0.15, -0.1) is 0 Å². The van der Waals surface area contributed by atoms with Crippen LogP contribution in [0.3, 0.4) is 0 Å². The summed E-state index contributed by atoms with van der Waals surface area (Å²) in [5.74, 6) is 6.46. The summed E-state index contributed by atoms with van der Waals surface area (Å²) in [6, 6.07) is 8.00. The predicted molar refractivity (Wildman–Crippen MR) is 62.9 cm³/mol. The van der Waals surface area contributed by atoms with Crippen LogP contribution in [0.25, 0.3) is 0 Å². The van der Waals surface area contributed by atoms with Gasteiger partial charge in [0.2, 0.25) is 0 Å². The van der Waals surface area contributed by atoms with Crippen LogP contribution in [-0.4, -0.2) is 6.61 Å². The zero-order valence-corrected chi connectivity index (χ0v) is 9.83. The molecule has 0 aliphatic carbocycles. The lowest BCUT2D eigenvalue weighted by Crippen LogP contribution is -2.29.